The fourth-order valence-corrected chi connectivity index (χ4v) is 1.18. The van der Waals surface area contributed by atoms with E-state index in [2.05, 4.69) is 11.2 Å². The third kappa shape index (κ3) is 2.62. The molecule has 0 bridgehead atoms. The van der Waals surface area contributed by atoms with E-state index in [4.69, 9.17) is 11.5 Å². The molecule has 0 saturated carbocycles. The lowest BCUT2D eigenvalue weighted by atomic mass is 10.0. The molecule has 0 unspecified atom stereocenters. The van der Waals surface area contributed by atoms with E-state index < -0.39 is 17.4 Å². The van der Waals surface area contributed by atoms with Gasteiger partial charge in [-0.3, -0.25) is 4.79 Å². The van der Waals surface area contributed by atoms with Gasteiger partial charge in [-0.05, 0) is 13.8 Å². The maximum Gasteiger partial charge on any atom is 0.318 e. The van der Waals surface area contributed by atoms with E-state index in [1.165, 1.54) is 4.90 Å². The van der Waals surface area contributed by atoms with E-state index in [-0.39, 0.29) is 19.1 Å². The van der Waals surface area contributed by atoms with Gasteiger partial charge in [-0.25, -0.2) is 4.79 Å². The Morgan fingerprint density at radius 3 is 2.47 bits per heavy atom. The van der Waals surface area contributed by atoms with Crippen LogP contribution in [0, 0.1) is 18.3 Å². The summed E-state index contributed by atoms with van der Waals surface area (Å²) in [4.78, 5) is 23.4. The minimum absolute atomic E-state index is 0.252. The molecule has 5 heteroatoms. The highest BCUT2D eigenvalue weighted by Crippen LogP contribution is 2.16. The Morgan fingerprint density at radius 1 is 1.53 bits per heavy atom. The number of amides is 2. The van der Waals surface area contributed by atoms with Gasteiger partial charge in [0.05, 0.1) is 11.5 Å². The van der Waals surface area contributed by atoms with Gasteiger partial charge in [-0.2, -0.15) is 0 Å². The van der Waals surface area contributed by atoms with Crippen molar-refractivity contribution in [3.63, 3.8) is 0 Å². The van der Waals surface area contributed by atoms with Crippen LogP contribution in [0.5, 0.6) is 0 Å². The third-order valence-electron chi connectivity index (χ3n) is 2.30. The lowest BCUT2D eigenvalue weighted by molar-refractivity contribution is -0.146. The van der Waals surface area contributed by atoms with Gasteiger partial charge >= 0.3 is 12.0 Å². The zero-order valence-electron chi connectivity index (χ0n) is 8.78. The van der Waals surface area contributed by atoms with Crippen LogP contribution in [-0.2, 0) is 4.79 Å². The van der Waals surface area contributed by atoms with Crippen LogP contribution in [-0.4, -0.2) is 40.6 Å². The number of terminal acetylenes is 1. The second kappa shape index (κ2) is 3.81. The van der Waals surface area contributed by atoms with Crippen LogP contribution in [0.3, 0.4) is 0 Å². The molecular weight excluding hydrogens is 196 g/mol. The number of aliphatic carboxylic acids is 1. The monoisotopic (exact) mass is 210 g/mol. The first kappa shape index (κ1) is 11.4. The summed E-state index contributed by atoms with van der Waals surface area (Å²) in [5.74, 6) is 1.13. The van der Waals surface area contributed by atoms with Crippen molar-refractivity contribution < 1.29 is 14.7 Å². The standard InChI is InChI=1S/C10H14N2O3/c1-4-10(2,3)11-9(15)12-5-7(6-12)8(13)14/h1,7H,5-6H2,2-3H3,(H,11,15)(H,13,14). The quantitative estimate of drug-likeness (QED) is 0.636. The van der Waals surface area contributed by atoms with Gasteiger partial charge in [0.25, 0.3) is 0 Å². The summed E-state index contributed by atoms with van der Waals surface area (Å²) >= 11 is 0. The van der Waals surface area contributed by atoms with Crippen molar-refractivity contribution in [1.82, 2.24) is 10.2 Å². The molecule has 82 valence electrons. The first-order chi connectivity index (χ1) is 6.85. The minimum atomic E-state index is -0.865. The van der Waals surface area contributed by atoms with Gasteiger partial charge in [-0.15, -0.1) is 6.42 Å². The molecule has 2 N–H and O–H groups in total. The fraction of sp³-hybridized carbons (Fsp3) is 0.600. The number of nitrogens with zero attached hydrogens (tertiary/aromatic N) is 1. The number of urea groups is 1. The molecule has 0 spiro atoms. The number of carboxylic acids is 1. The van der Waals surface area contributed by atoms with Crippen molar-refractivity contribution in [3.8, 4) is 12.3 Å². The SMILES string of the molecule is C#CC(C)(C)NC(=O)N1CC(C(=O)O)C1. The Balaban J connectivity index is 2.40. The second-order valence-corrected chi connectivity index (χ2v) is 4.14. The lowest BCUT2D eigenvalue weighted by Crippen LogP contribution is -2.59. The first-order valence-corrected chi connectivity index (χ1v) is 4.63. The van der Waals surface area contributed by atoms with E-state index >= 15 is 0 Å². The van der Waals surface area contributed by atoms with Crippen molar-refractivity contribution in [2.24, 2.45) is 5.92 Å². The highest BCUT2D eigenvalue weighted by Gasteiger charge is 2.36. The summed E-state index contributed by atoms with van der Waals surface area (Å²) in [5, 5.41) is 11.2. The Kier molecular flexibility index (Phi) is 2.89. The molecule has 2 amide bonds. The van der Waals surface area contributed by atoms with Crippen LogP contribution >= 0.6 is 0 Å². The Morgan fingerprint density at radius 2 is 2.07 bits per heavy atom. The number of carbonyl (C=O) groups is 2. The molecule has 0 aliphatic carbocycles. The molecule has 1 fully saturated rings. The number of carbonyl (C=O) groups excluding carboxylic acids is 1. The Labute approximate surface area is 88.4 Å². The first-order valence-electron chi connectivity index (χ1n) is 4.63. The Bertz CT molecular complexity index is 324. The molecule has 1 aliphatic heterocycles. The van der Waals surface area contributed by atoms with Gasteiger partial charge in [0.1, 0.15) is 0 Å². The number of hydrogen-bond donors (Lipinski definition) is 2. The summed E-state index contributed by atoms with van der Waals surface area (Å²) in [7, 11) is 0. The van der Waals surface area contributed by atoms with Gasteiger partial charge in [-0.1, -0.05) is 5.92 Å². The molecule has 0 aromatic rings. The second-order valence-electron chi connectivity index (χ2n) is 4.14. The number of rotatable bonds is 2. The highest BCUT2D eigenvalue weighted by molar-refractivity contribution is 5.80. The lowest BCUT2D eigenvalue weighted by Gasteiger charge is -2.38. The van der Waals surface area contributed by atoms with Gasteiger partial charge < -0.3 is 15.3 Å². The van der Waals surface area contributed by atoms with E-state index in [0.717, 1.165) is 0 Å². The zero-order valence-corrected chi connectivity index (χ0v) is 8.78. The minimum Gasteiger partial charge on any atom is -0.481 e. The van der Waals surface area contributed by atoms with Crippen LogP contribution < -0.4 is 5.32 Å². The molecule has 1 saturated heterocycles. The van der Waals surface area contributed by atoms with Crippen molar-refractivity contribution >= 4 is 12.0 Å². The predicted molar refractivity (Wildman–Crippen MR) is 54.1 cm³/mol. The Hall–Kier alpha value is -1.70. The van der Waals surface area contributed by atoms with Crippen LogP contribution in [0.25, 0.3) is 0 Å². The molecule has 1 heterocycles. The van der Waals surface area contributed by atoms with E-state index in [0.29, 0.717) is 0 Å². The van der Waals surface area contributed by atoms with Gasteiger partial charge in [0, 0.05) is 13.1 Å². The molecule has 1 aliphatic rings. The van der Waals surface area contributed by atoms with E-state index in [1.807, 2.05) is 0 Å². The largest absolute Gasteiger partial charge is 0.481 e. The third-order valence-corrected chi connectivity index (χ3v) is 2.30. The smallest absolute Gasteiger partial charge is 0.318 e. The molecular formula is C10H14N2O3. The van der Waals surface area contributed by atoms with Crippen molar-refractivity contribution in [1.29, 1.82) is 0 Å². The molecule has 1 rings (SSSR count). The van der Waals surface area contributed by atoms with Crippen LogP contribution in [0.2, 0.25) is 0 Å². The van der Waals surface area contributed by atoms with Crippen molar-refractivity contribution in [2.45, 2.75) is 19.4 Å². The summed E-state index contributed by atoms with van der Waals surface area (Å²) in [6.07, 6.45) is 5.21. The van der Waals surface area contributed by atoms with Crippen molar-refractivity contribution in [3.05, 3.63) is 0 Å². The summed E-state index contributed by atoms with van der Waals surface area (Å²) in [5.41, 5.74) is -0.703. The molecule has 0 atom stereocenters. The number of hydrogen-bond acceptors (Lipinski definition) is 2. The molecule has 5 nitrogen and oxygen atoms in total. The van der Waals surface area contributed by atoms with Gasteiger partial charge in [0.15, 0.2) is 0 Å². The summed E-state index contributed by atoms with van der Waals surface area (Å²) in [6, 6.07) is -0.310. The normalized spacial score (nSPS) is 16.5. The van der Waals surface area contributed by atoms with Crippen LogP contribution in [0.4, 0.5) is 4.79 Å². The van der Waals surface area contributed by atoms with Crippen LogP contribution in [0.15, 0.2) is 0 Å². The molecule has 0 aromatic carbocycles. The average Bonchev–Trinajstić information content (AvgIpc) is 1.99. The molecule has 15 heavy (non-hydrogen) atoms. The highest BCUT2D eigenvalue weighted by atomic mass is 16.4. The van der Waals surface area contributed by atoms with E-state index in [1.54, 1.807) is 13.8 Å². The maximum absolute atomic E-state index is 11.5. The van der Waals surface area contributed by atoms with E-state index in [9.17, 15) is 9.59 Å². The number of carboxylic acid groups (broad SMARTS) is 1. The topological polar surface area (TPSA) is 69.6 Å². The number of nitrogens with one attached hydrogen (secondary N) is 1. The number of likely N-dealkylation sites (tertiary alicyclic amines) is 1. The summed E-state index contributed by atoms with van der Waals surface area (Å²) in [6.45, 7) is 3.92. The molecule has 0 aromatic heterocycles. The van der Waals surface area contributed by atoms with Gasteiger partial charge in [0.2, 0.25) is 0 Å². The predicted octanol–water partition coefficient (Wildman–Crippen LogP) is 0.124. The van der Waals surface area contributed by atoms with Crippen LogP contribution in [0.1, 0.15) is 13.8 Å². The average molecular weight is 210 g/mol. The van der Waals surface area contributed by atoms with Crippen molar-refractivity contribution in [2.75, 3.05) is 13.1 Å². The zero-order chi connectivity index (χ0) is 11.6. The molecule has 0 radical (unpaired) electrons. The maximum atomic E-state index is 11.5. The summed E-state index contributed by atoms with van der Waals surface area (Å²) < 4.78 is 0. The fourth-order valence-electron chi connectivity index (χ4n) is 1.18.